The van der Waals surface area contributed by atoms with Crippen molar-refractivity contribution in [3.63, 3.8) is 0 Å². The van der Waals surface area contributed by atoms with Gasteiger partial charge in [0.25, 0.3) is 0 Å². The van der Waals surface area contributed by atoms with E-state index in [1.165, 1.54) is 16.3 Å². The summed E-state index contributed by atoms with van der Waals surface area (Å²) in [6.45, 7) is 2.32. The molecule has 0 spiro atoms. The average molecular weight is 343 g/mol. The van der Waals surface area contributed by atoms with Gasteiger partial charge in [-0.2, -0.15) is 0 Å². The van der Waals surface area contributed by atoms with Crippen molar-refractivity contribution in [3.8, 4) is 11.3 Å². The molecule has 3 heterocycles. The molecule has 0 radical (unpaired) electrons. The predicted molar refractivity (Wildman–Crippen MR) is 105 cm³/mol. The third-order valence-corrected chi connectivity index (χ3v) is 7.04. The molecule has 1 fully saturated rings. The number of imidazole rings is 1. The second-order valence-electron chi connectivity index (χ2n) is 6.18. The fraction of sp³-hybridized carbons (Fsp3) is 0.0952. The smallest absolute Gasteiger partial charge is 0.138 e. The monoisotopic (exact) mass is 343 g/mol. The van der Waals surface area contributed by atoms with Crippen LogP contribution in [-0.2, 0) is 0 Å². The first-order valence-electron chi connectivity index (χ1n) is 8.54. The second kappa shape index (κ2) is 6.11. The lowest BCUT2D eigenvalue weighted by molar-refractivity contribution is 0.933. The lowest BCUT2D eigenvalue weighted by Gasteiger charge is -2.20. The maximum atomic E-state index is 4.99. The SMILES string of the molecule is c1ccc(-c2nc3ccccn3c2P(c2ccccc2)N2CC2)cc1. The van der Waals surface area contributed by atoms with Gasteiger partial charge in [0.1, 0.15) is 5.65 Å². The first-order valence-corrected chi connectivity index (χ1v) is 9.84. The van der Waals surface area contributed by atoms with Crippen LogP contribution in [0.2, 0.25) is 0 Å². The summed E-state index contributed by atoms with van der Waals surface area (Å²) in [7, 11) is -0.572. The van der Waals surface area contributed by atoms with E-state index in [-0.39, 0.29) is 0 Å². The zero-order chi connectivity index (χ0) is 16.6. The normalized spacial score (nSPS) is 15.4. The Kier molecular flexibility index (Phi) is 3.62. The number of fused-ring (bicyclic) bond motifs is 1. The summed E-state index contributed by atoms with van der Waals surface area (Å²) in [5.41, 5.74) is 4.63. The minimum Gasteiger partial charge on any atom is -0.298 e. The average Bonchev–Trinajstić information content (AvgIpc) is 3.44. The molecule has 1 unspecified atom stereocenters. The Morgan fingerprint density at radius 2 is 1.44 bits per heavy atom. The van der Waals surface area contributed by atoms with E-state index in [1.807, 2.05) is 0 Å². The van der Waals surface area contributed by atoms with Crippen molar-refractivity contribution in [2.24, 2.45) is 0 Å². The third-order valence-electron chi connectivity index (χ3n) is 4.46. The Labute approximate surface area is 148 Å². The Bertz CT molecular complexity index is 1010. The van der Waals surface area contributed by atoms with E-state index in [4.69, 9.17) is 4.98 Å². The lowest BCUT2D eigenvalue weighted by Crippen LogP contribution is -2.22. The van der Waals surface area contributed by atoms with Crippen molar-refractivity contribution in [1.29, 1.82) is 0 Å². The largest absolute Gasteiger partial charge is 0.298 e. The molecule has 4 aromatic rings. The number of pyridine rings is 1. The highest BCUT2D eigenvalue weighted by Gasteiger charge is 2.34. The van der Waals surface area contributed by atoms with Crippen LogP contribution in [0.5, 0.6) is 0 Å². The number of aromatic nitrogens is 2. The highest BCUT2D eigenvalue weighted by molar-refractivity contribution is 7.71. The van der Waals surface area contributed by atoms with Crippen LogP contribution in [0, 0.1) is 0 Å². The van der Waals surface area contributed by atoms with E-state index < -0.39 is 8.07 Å². The van der Waals surface area contributed by atoms with E-state index in [1.54, 1.807) is 0 Å². The molecule has 0 saturated carbocycles. The van der Waals surface area contributed by atoms with Gasteiger partial charge in [0.05, 0.1) is 11.1 Å². The molecule has 1 saturated heterocycles. The third kappa shape index (κ3) is 2.66. The summed E-state index contributed by atoms with van der Waals surface area (Å²) >= 11 is 0. The van der Waals surface area contributed by atoms with Crippen LogP contribution in [0.4, 0.5) is 0 Å². The van der Waals surface area contributed by atoms with Gasteiger partial charge in [0.2, 0.25) is 0 Å². The van der Waals surface area contributed by atoms with Gasteiger partial charge in [0.15, 0.2) is 0 Å². The van der Waals surface area contributed by atoms with Gasteiger partial charge < -0.3 is 0 Å². The Morgan fingerprint density at radius 3 is 2.16 bits per heavy atom. The first-order chi connectivity index (χ1) is 12.4. The molecular formula is C21H18N3P. The van der Waals surface area contributed by atoms with Gasteiger partial charge in [0, 0.05) is 32.9 Å². The molecule has 4 heteroatoms. The number of nitrogens with zero attached hydrogens (tertiary/aromatic N) is 3. The van der Waals surface area contributed by atoms with E-state index in [9.17, 15) is 0 Å². The second-order valence-corrected chi connectivity index (χ2v) is 8.31. The Morgan fingerprint density at radius 1 is 0.760 bits per heavy atom. The van der Waals surface area contributed by atoms with Gasteiger partial charge in [-0.3, -0.25) is 9.07 Å². The summed E-state index contributed by atoms with van der Waals surface area (Å²) in [6.07, 6.45) is 2.14. The van der Waals surface area contributed by atoms with Crippen molar-refractivity contribution in [1.82, 2.24) is 14.1 Å². The molecule has 122 valence electrons. The molecule has 0 amide bonds. The predicted octanol–water partition coefficient (Wildman–Crippen LogP) is 3.66. The summed E-state index contributed by atoms with van der Waals surface area (Å²) in [5.74, 6) is 0. The number of hydrogen-bond donors (Lipinski definition) is 0. The molecular weight excluding hydrogens is 325 g/mol. The van der Waals surface area contributed by atoms with E-state index in [2.05, 4.69) is 94.1 Å². The molecule has 0 bridgehead atoms. The van der Waals surface area contributed by atoms with Crippen LogP contribution in [0.3, 0.4) is 0 Å². The number of benzene rings is 2. The first kappa shape index (κ1) is 14.8. The highest BCUT2D eigenvalue weighted by Crippen LogP contribution is 2.45. The Hall–Kier alpha value is -2.48. The minimum absolute atomic E-state index is 0.572. The molecule has 25 heavy (non-hydrogen) atoms. The zero-order valence-electron chi connectivity index (χ0n) is 13.8. The standard InChI is InChI=1S/C21H18N3P/c1-3-9-17(10-4-1)20-21(24-14-8-7-13-19(24)22-20)25(23-15-16-23)18-11-5-2-6-12-18/h1-14H,15-16H2. The quantitative estimate of drug-likeness (QED) is 0.416. The zero-order valence-corrected chi connectivity index (χ0v) is 14.7. The van der Waals surface area contributed by atoms with Gasteiger partial charge in [-0.25, -0.2) is 4.98 Å². The van der Waals surface area contributed by atoms with Crippen LogP contribution in [0.1, 0.15) is 0 Å². The molecule has 2 aromatic heterocycles. The van der Waals surface area contributed by atoms with Crippen molar-refractivity contribution < 1.29 is 0 Å². The molecule has 1 atom stereocenters. The fourth-order valence-electron chi connectivity index (χ4n) is 3.21. The maximum Gasteiger partial charge on any atom is 0.138 e. The van der Waals surface area contributed by atoms with Crippen LogP contribution >= 0.6 is 8.07 Å². The van der Waals surface area contributed by atoms with Crippen molar-refractivity contribution >= 4 is 24.5 Å². The molecule has 3 nitrogen and oxygen atoms in total. The molecule has 0 N–H and O–H groups in total. The summed E-state index contributed by atoms with van der Waals surface area (Å²) in [4.78, 5) is 4.99. The summed E-state index contributed by atoms with van der Waals surface area (Å²) < 4.78 is 4.84. The van der Waals surface area contributed by atoms with Gasteiger partial charge in [-0.05, 0) is 17.4 Å². The van der Waals surface area contributed by atoms with Crippen LogP contribution < -0.4 is 10.7 Å². The number of hydrogen-bond acceptors (Lipinski definition) is 2. The van der Waals surface area contributed by atoms with E-state index in [0.29, 0.717) is 0 Å². The van der Waals surface area contributed by atoms with Crippen molar-refractivity contribution in [2.75, 3.05) is 13.1 Å². The lowest BCUT2D eigenvalue weighted by atomic mass is 10.2. The number of rotatable bonds is 4. The van der Waals surface area contributed by atoms with Crippen LogP contribution in [0.25, 0.3) is 16.9 Å². The molecule has 1 aliphatic heterocycles. The summed E-state index contributed by atoms with van der Waals surface area (Å²) in [6, 6.07) is 27.7. The van der Waals surface area contributed by atoms with Crippen LogP contribution in [-0.4, -0.2) is 27.1 Å². The minimum atomic E-state index is -0.572. The summed E-state index contributed by atoms with van der Waals surface area (Å²) in [5, 5.41) is 1.39. The van der Waals surface area contributed by atoms with Gasteiger partial charge in [-0.1, -0.05) is 66.7 Å². The molecule has 1 aliphatic rings. The van der Waals surface area contributed by atoms with Gasteiger partial charge in [-0.15, -0.1) is 0 Å². The van der Waals surface area contributed by atoms with Crippen molar-refractivity contribution in [2.45, 2.75) is 0 Å². The van der Waals surface area contributed by atoms with E-state index >= 15 is 0 Å². The molecule has 5 rings (SSSR count). The highest BCUT2D eigenvalue weighted by atomic mass is 31.1. The maximum absolute atomic E-state index is 4.99. The molecule has 0 aliphatic carbocycles. The topological polar surface area (TPSA) is 20.3 Å². The van der Waals surface area contributed by atoms with Crippen LogP contribution in [0.15, 0.2) is 85.1 Å². The Balaban J connectivity index is 1.79. The fourth-order valence-corrected chi connectivity index (χ4v) is 5.74. The van der Waals surface area contributed by atoms with Crippen molar-refractivity contribution in [3.05, 3.63) is 85.1 Å². The molecule has 2 aromatic carbocycles. The van der Waals surface area contributed by atoms with E-state index in [0.717, 1.165) is 24.4 Å². The van der Waals surface area contributed by atoms with Gasteiger partial charge >= 0.3 is 0 Å².